The van der Waals surface area contributed by atoms with E-state index in [-0.39, 0.29) is 11.7 Å². The van der Waals surface area contributed by atoms with Gasteiger partial charge in [0.05, 0.1) is 5.75 Å². The maximum absolute atomic E-state index is 11.8. The number of carbonyl (C=O) groups excluding carboxylic acids is 1. The summed E-state index contributed by atoms with van der Waals surface area (Å²) >= 11 is 5.79. The van der Waals surface area contributed by atoms with Gasteiger partial charge < -0.3 is 5.32 Å². The first-order valence-electron chi connectivity index (χ1n) is 6.66. The van der Waals surface area contributed by atoms with E-state index in [0.717, 1.165) is 5.56 Å². The number of anilines is 1. The first-order chi connectivity index (χ1) is 10.8. The molecule has 23 heavy (non-hydrogen) atoms. The van der Waals surface area contributed by atoms with Crippen molar-refractivity contribution < 1.29 is 13.2 Å². The fourth-order valence-corrected chi connectivity index (χ4v) is 2.63. The smallest absolute Gasteiger partial charge is 0.248 e. The highest BCUT2D eigenvalue weighted by Gasteiger charge is 2.05. The van der Waals surface area contributed by atoms with Gasteiger partial charge in [-0.1, -0.05) is 35.9 Å². The number of halogens is 1. The van der Waals surface area contributed by atoms with Crippen LogP contribution < -0.4 is 10.5 Å². The van der Waals surface area contributed by atoms with Gasteiger partial charge in [-0.25, -0.2) is 13.6 Å². The lowest BCUT2D eigenvalue weighted by Gasteiger charge is -2.04. The summed E-state index contributed by atoms with van der Waals surface area (Å²) in [5.74, 6) is -0.531. The van der Waals surface area contributed by atoms with E-state index in [9.17, 15) is 13.2 Å². The Hall–Kier alpha value is -2.15. The Morgan fingerprint density at radius 1 is 1.09 bits per heavy atom. The number of carbonyl (C=O) groups is 1. The molecule has 0 aromatic heterocycles. The maximum atomic E-state index is 11.8. The minimum atomic E-state index is -3.56. The molecule has 2 aromatic rings. The van der Waals surface area contributed by atoms with Gasteiger partial charge in [0.2, 0.25) is 15.9 Å². The largest absolute Gasteiger partial charge is 0.323 e. The minimum Gasteiger partial charge on any atom is -0.323 e. The summed E-state index contributed by atoms with van der Waals surface area (Å²) in [5, 5.41) is 8.29. The fraction of sp³-hybridized carbons (Fsp3) is 0.0625. The van der Waals surface area contributed by atoms with Crippen molar-refractivity contribution in [2.75, 3.05) is 5.32 Å². The van der Waals surface area contributed by atoms with Crippen LogP contribution in [-0.2, 0) is 20.6 Å². The van der Waals surface area contributed by atoms with Gasteiger partial charge in [-0.2, -0.15) is 0 Å². The Labute approximate surface area is 139 Å². The fourth-order valence-electron chi connectivity index (χ4n) is 1.85. The maximum Gasteiger partial charge on any atom is 0.248 e. The molecule has 0 aliphatic heterocycles. The zero-order chi connectivity index (χ0) is 16.9. The Balaban J connectivity index is 1.96. The van der Waals surface area contributed by atoms with Gasteiger partial charge in [0, 0.05) is 16.8 Å². The summed E-state index contributed by atoms with van der Waals surface area (Å²) in [4.78, 5) is 11.8. The lowest BCUT2D eigenvalue weighted by molar-refractivity contribution is -0.111. The molecule has 2 rings (SSSR count). The van der Waals surface area contributed by atoms with Crippen LogP contribution in [0.2, 0.25) is 5.02 Å². The standard InChI is InChI=1S/C16H15ClN2O3S/c17-14-6-1-12(2-7-14)5-10-16(20)19-15-8-3-13(4-9-15)11-23(18,21)22/h1-10H,11H2,(H,19,20)(H2,18,21,22)/b10-5+. The highest BCUT2D eigenvalue weighted by molar-refractivity contribution is 7.88. The average molecular weight is 351 g/mol. The molecular weight excluding hydrogens is 336 g/mol. The summed E-state index contributed by atoms with van der Waals surface area (Å²) in [7, 11) is -3.56. The van der Waals surface area contributed by atoms with Crippen molar-refractivity contribution in [1.29, 1.82) is 0 Å². The molecule has 0 aliphatic rings. The molecule has 0 spiro atoms. The summed E-state index contributed by atoms with van der Waals surface area (Å²) in [6, 6.07) is 13.5. The molecule has 0 radical (unpaired) electrons. The van der Waals surface area contributed by atoms with Crippen molar-refractivity contribution in [3.05, 3.63) is 70.8 Å². The molecule has 0 saturated carbocycles. The molecule has 0 heterocycles. The van der Waals surface area contributed by atoms with Crippen LogP contribution in [0.1, 0.15) is 11.1 Å². The summed E-state index contributed by atoms with van der Waals surface area (Å²) in [5.41, 5.74) is 1.98. The molecule has 3 N–H and O–H groups in total. The van der Waals surface area contributed by atoms with Crippen molar-refractivity contribution in [2.45, 2.75) is 5.75 Å². The van der Waals surface area contributed by atoms with Crippen LogP contribution >= 0.6 is 11.6 Å². The van der Waals surface area contributed by atoms with Gasteiger partial charge in [0.15, 0.2) is 0 Å². The Morgan fingerprint density at radius 2 is 1.70 bits per heavy atom. The Morgan fingerprint density at radius 3 is 2.26 bits per heavy atom. The van der Waals surface area contributed by atoms with Crippen molar-refractivity contribution in [3.8, 4) is 0 Å². The molecule has 0 saturated heterocycles. The third-order valence-corrected chi connectivity index (χ3v) is 3.87. The quantitative estimate of drug-likeness (QED) is 0.812. The van der Waals surface area contributed by atoms with Crippen LogP contribution in [-0.4, -0.2) is 14.3 Å². The summed E-state index contributed by atoms with van der Waals surface area (Å²) < 4.78 is 22.0. The Kier molecular flexibility index (Phi) is 5.54. The predicted octanol–water partition coefficient (Wildman–Crippen LogP) is 2.78. The number of hydrogen-bond acceptors (Lipinski definition) is 3. The number of benzene rings is 2. The third kappa shape index (κ3) is 6.23. The van der Waals surface area contributed by atoms with Crippen molar-refractivity contribution >= 4 is 39.3 Å². The first kappa shape index (κ1) is 17.2. The molecule has 0 aliphatic carbocycles. The van der Waals surface area contributed by atoms with Crippen LogP contribution in [0.15, 0.2) is 54.6 Å². The second-order valence-electron chi connectivity index (χ2n) is 4.88. The second-order valence-corrected chi connectivity index (χ2v) is 6.93. The molecule has 120 valence electrons. The van der Waals surface area contributed by atoms with E-state index in [1.54, 1.807) is 54.6 Å². The van der Waals surface area contributed by atoms with E-state index in [0.29, 0.717) is 16.3 Å². The SMILES string of the molecule is NS(=O)(=O)Cc1ccc(NC(=O)/C=C/c2ccc(Cl)cc2)cc1. The van der Waals surface area contributed by atoms with E-state index in [2.05, 4.69) is 5.32 Å². The number of rotatable bonds is 5. The molecule has 0 fully saturated rings. The molecule has 7 heteroatoms. The van der Waals surface area contributed by atoms with E-state index < -0.39 is 10.0 Å². The van der Waals surface area contributed by atoms with E-state index in [4.69, 9.17) is 16.7 Å². The normalized spacial score (nSPS) is 11.6. The molecule has 5 nitrogen and oxygen atoms in total. The van der Waals surface area contributed by atoms with E-state index in [1.165, 1.54) is 6.08 Å². The molecule has 0 bridgehead atoms. The first-order valence-corrected chi connectivity index (χ1v) is 8.75. The van der Waals surface area contributed by atoms with Crippen molar-refractivity contribution in [3.63, 3.8) is 0 Å². The zero-order valence-electron chi connectivity index (χ0n) is 12.1. The predicted molar refractivity (Wildman–Crippen MR) is 92.4 cm³/mol. The monoisotopic (exact) mass is 350 g/mol. The summed E-state index contributed by atoms with van der Waals surface area (Å²) in [6.45, 7) is 0. The number of nitrogens with two attached hydrogens (primary N) is 1. The molecule has 1 amide bonds. The number of nitrogens with one attached hydrogen (secondary N) is 1. The van der Waals surface area contributed by atoms with Crippen molar-refractivity contribution in [2.24, 2.45) is 5.14 Å². The highest BCUT2D eigenvalue weighted by Crippen LogP contribution is 2.13. The number of sulfonamides is 1. The third-order valence-electron chi connectivity index (χ3n) is 2.89. The Bertz CT molecular complexity index is 813. The van der Waals surface area contributed by atoms with Gasteiger partial charge in [0.25, 0.3) is 0 Å². The molecule has 2 aromatic carbocycles. The molecular formula is C16H15ClN2O3S. The zero-order valence-corrected chi connectivity index (χ0v) is 13.6. The van der Waals surface area contributed by atoms with Crippen LogP contribution in [0.4, 0.5) is 5.69 Å². The molecule has 0 atom stereocenters. The van der Waals surface area contributed by atoms with Gasteiger partial charge in [-0.05, 0) is 41.5 Å². The van der Waals surface area contributed by atoms with Gasteiger partial charge in [-0.3, -0.25) is 4.79 Å². The van der Waals surface area contributed by atoms with E-state index in [1.807, 2.05) is 0 Å². The van der Waals surface area contributed by atoms with Crippen molar-refractivity contribution in [1.82, 2.24) is 0 Å². The summed E-state index contributed by atoms with van der Waals surface area (Å²) in [6.07, 6.45) is 3.07. The van der Waals surface area contributed by atoms with Crippen LogP contribution in [0.3, 0.4) is 0 Å². The lowest BCUT2D eigenvalue weighted by Crippen LogP contribution is -2.14. The minimum absolute atomic E-state index is 0.238. The second kappa shape index (κ2) is 7.41. The molecule has 0 unspecified atom stereocenters. The number of amides is 1. The van der Waals surface area contributed by atoms with Gasteiger partial charge >= 0.3 is 0 Å². The van der Waals surface area contributed by atoms with Gasteiger partial charge in [0.1, 0.15) is 0 Å². The van der Waals surface area contributed by atoms with Crippen LogP contribution in [0.5, 0.6) is 0 Å². The topological polar surface area (TPSA) is 89.3 Å². The number of hydrogen-bond donors (Lipinski definition) is 2. The lowest BCUT2D eigenvalue weighted by atomic mass is 10.2. The average Bonchev–Trinajstić information content (AvgIpc) is 2.47. The van der Waals surface area contributed by atoms with E-state index >= 15 is 0 Å². The van der Waals surface area contributed by atoms with Gasteiger partial charge in [-0.15, -0.1) is 0 Å². The highest BCUT2D eigenvalue weighted by atomic mass is 35.5. The number of primary sulfonamides is 1. The van der Waals surface area contributed by atoms with Crippen LogP contribution in [0.25, 0.3) is 6.08 Å². The van der Waals surface area contributed by atoms with Crippen LogP contribution in [0, 0.1) is 0 Å².